The van der Waals surface area contributed by atoms with Gasteiger partial charge in [-0.1, -0.05) is 11.8 Å². The minimum atomic E-state index is -0.937. The zero-order chi connectivity index (χ0) is 11.7. The fourth-order valence-corrected chi connectivity index (χ4v) is 1.94. The molecule has 0 bridgehead atoms. The third-order valence-corrected chi connectivity index (χ3v) is 2.57. The normalized spacial score (nSPS) is 30.5. The molecule has 2 heteroatoms. The summed E-state index contributed by atoms with van der Waals surface area (Å²) in [5.74, 6) is 5.92. The van der Waals surface area contributed by atoms with Crippen LogP contribution >= 0.6 is 0 Å². The first kappa shape index (κ1) is 12.5. The lowest BCUT2D eigenvalue weighted by atomic mass is 9.88. The minimum absolute atomic E-state index is 0.0960. The van der Waals surface area contributed by atoms with Crippen LogP contribution in [0.1, 0.15) is 53.9 Å². The molecule has 0 amide bonds. The van der Waals surface area contributed by atoms with Crippen molar-refractivity contribution < 1.29 is 9.84 Å². The van der Waals surface area contributed by atoms with Crippen molar-refractivity contribution in [2.75, 3.05) is 0 Å². The van der Waals surface area contributed by atoms with E-state index in [9.17, 15) is 5.11 Å². The van der Waals surface area contributed by atoms with E-state index in [-0.39, 0.29) is 5.60 Å². The fourth-order valence-electron chi connectivity index (χ4n) is 1.94. The molecule has 0 aliphatic carbocycles. The van der Waals surface area contributed by atoms with Gasteiger partial charge in [-0.25, -0.2) is 0 Å². The maximum absolute atomic E-state index is 9.56. The lowest BCUT2D eigenvalue weighted by Gasteiger charge is -2.40. The molecule has 1 N–H and O–H groups in total. The van der Waals surface area contributed by atoms with Crippen LogP contribution in [0, 0.1) is 11.8 Å². The van der Waals surface area contributed by atoms with Crippen molar-refractivity contribution in [2.45, 2.75) is 70.7 Å². The van der Waals surface area contributed by atoms with Crippen molar-refractivity contribution in [3.05, 3.63) is 0 Å². The summed E-state index contributed by atoms with van der Waals surface area (Å²) >= 11 is 0. The van der Waals surface area contributed by atoms with Crippen LogP contribution in [0.2, 0.25) is 0 Å². The first-order valence-corrected chi connectivity index (χ1v) is 5.59. The molecular weight excluding hydrogens is 188 g/mol. The van der Waals surface area contributed by atoms with E-state index in [1.807, 2.05) is 6.92 Å². The van der Waals surface area contributed by atoms with Gasteiger partial charge in [0, 0.05) is 0 Å². The standard InChI is InChI=1S/C13H22O2/c1-11(2,14)9-10-13(5)8-6-7-12(3,4)15-13/h14H,6-8H2,1-5H3/t13-/m0/s1. The van der Waals surface area contributed by atoms with Gasteiger partial charge in [-0.05, 0) is 53.9 Å². The monoisotopic (exact) mass is 210 g/mol. The van der Waals surface area contributed by atoms with E-state index in [2.05, 4.69) is 25.7 Å². The van der Waals surface area contributed by atoms with Crippen LogP contribution in [0.4, 0.5) is 0 Å². The van der Waals surface area contributed by atoms with Crippen LogP contribution in [0.3, 0.4) is 0 Å². The summed E-state index contributed by atoms with van der Waals surface area (Å²) < 4.78 is 5.97. The van der Waals surface area contributed by atoms with E-state index in [1.165, 1.54) is 0 Å². The van der Waals surface area contributed by atoms with Gasteiger partial charge >= 0.3 is 0 Å². The van der Waals surface area contributed by atoms with Crippen LogP contribution in [-0.4, -0.2) is 21.9 Å². The summed E-state index contributed by atoms with van der Waals surface area (Å²) in [6.45, 7) is 9.58. The first-order chi connectivity index (χ1) is 6.62. The fraction of sp³-hybridized carbons (Fsp3) is 0.846. The average Bonchev–Trinajstić information content (AvgIpc) is 1.97. The molecule has 86 valence electrons. The van der Waals surface area contributed by atoms with Crippen LogP contribution in [-0.2, 0) is 4.74 Å². The van der Waals surface area contributed by atoms with Crippen molar-refractivity contribution in [1.82, 2.24) is 0 Å². The maximum atomic E-state index is 9.56. The summed E-state index contributed by atoms with van der Waals surface area (Å²) in [6, 6.07) is 0. The molecule has 0 spiro atoms. The van der Waals surface area contributed by atoms with E-state index in [0.29, 0.717) is 0 Å². The van der Waals surface area contributed by atoms with Gasteiger partial charge < -0.3 is 9.84 Å². The van der Waals surface area contributed by atoms with Gasteiger partial charge in [0.05, 0.1) is 5.60 Å². The largest absolute Gasteiger partial charge is 0.378 e. The van der Waals surface area contributed by atoms with Gasteiger partial charge in [0.15, 0.2) is 0 Å². The Bertz CT molecular complexity index is 288. The lowest BCUT2D eigenvalue weighted by Crippen LogP contribution is -2.42. The van der Waals surface area contributed by atoms with Crippen molar-refractivity contribution in [1.29, 1.82) is 0 Å². The number of ether oxygens (including phenoxy) is 1. The van der Waals surface area contributed by atoms with Gasteiger partial charge in [-0.2, -0.15) is 0 Å². The van der Waals surface area contributed by atoms with Crippen molar-refractivity contribution >= 4 is 0 Å². The van der Waals surface area contributed by atoms with Crippen molar-refractivity contribution in [3.63, 3.8) is 0 Å². The highest BCUT2D eigenvalue weighted by molar-refractivity contribution is 5.19. The van der Waals surface area contributed by atoms with Crippen LogP contribution in [0.25, 0.3) is 0 Å². The third kappa shape index (κ3) is 4.24. The second-order valence-corrected chi connectivity index (χ2v) is 5.76. The van der Waals surface area contributed by atoms with Crippen LogP contribution < -0.4 is 0 Å². The molecule has 1 aliphatic rings. The number of hydrogen-bond donors (Lipinski definition) is 1. The van der Waals surface area contributed by atoms with Gasteiger partial charge in [0.25, 0.3) is 0 Å². The third-order valence-electron chi connectivity index (χ3n) is 2.57. The Morgan fingerprint density at radius 1 is 1.20 bits per heavy atom. The molecule has 0 aromatic heterocycles. The molecule has 1 saturated heterocycles. The van der Waals surface area contributed by atoms with E-state index in [0.717, 1.165) is 19.3 Å². The van der Waals surface area contributed by atoms with E-state index in [1.54, 1.807) is 13.8 Å². The molecule has 1 fully saturated rings. The highest BCUT2D eigenvalue weighted by Crippen LogP contribution is 2.34. The average molecular weight is 210 g/mol. The van der Waals surface area contributed by atoms with Gasteiger partial charge in [0.2, 0.25) is 0 Å². The zero-order valence-electron chi connectivity index (χ0n) is 10.5. The summed E-state index contributed by atoms with van der Waals surface area (Å²) in [5.41, 5.74) is -1.43. The first-order valence-electron chi connectivity index (χ1n) is 5.59. The molecule has 0 aromatic carbocycles. The summed E-state index contributed by atoms with van der Waals surface area (Å²) in [7, 11) is 0. The predicted octanol–water partition coefficient (Wildman–Crippen LogP) is 2.50. The molecule has 1 heterocycles. The lowest BCUT2D eigenvalue weighted by molar-refractivity contribution is -0.135. The Labute approximate surface area is 93.0 Å². The Balaban J connectivity index is 2.78. The van der Waals surface area contributed by atoms with Gasteiger partial charge in [0.1, 0.15) is 11.2 Å². The zero-order valence-corrected chi connectivity index (χ0v) is 10.5. The smallest absolute Gasteiger partial charge is 0.126 e. The Kier molecular flexibility index (Phi) is 3.19. The SMILES string of the molecule is CC(C)(O)C#C[C@]1(C)CCCC(C)(C)O1. The Morgan fingerprint density at radius 2 is 1.80 bits per heavy atom. The number of rotatable bonds is 0. The molecule has 15 heavy (non-hydrogen) atoms. The molecular formula is C13H22O2. The second kappa shape index (κ2) is 3.81. The molecule has 2 nitrogen and oxygen atoms in total. The topological polar surface area (TPSA) is 29.5 Å². The van der Waals surface area contributed by atoms with E-state index in [4.69, 9.17) is 4.74 Å². The Morgan fingerprint density at radius 3 is 2.27 bits per heavy atom. The summed E-state index contributed by atoms with van der Waals surface area (Å²) in [5, 5.41) is 9.56. The summed E-state index contributed by atoms with van der Waals surface area (Å²) in [4.78, 5) is 0. The molecule has 1 rings (SSSR count). The highest BCUT2D eigenvalue weighted by atomic mass is 16.5. The predicted molar refractivity (Wildman–Crippen MR) is 61.5 cm³/mol. The van der Waals surface area contributed by atoms with Crippen molar-refractivity contribution in [2.24, 2.45) is 0 Å². The van der Waals surface area contributed by atoms with Crippen LogP contribution in [0.5, 0.6) is 0 Å². The summed E-state index contributed by atoms with van der Waals surface area (Å²) in [6.07, 6.45) is 3.15. The molecule has 0 unspecified atom stereocenters. The maximum Gasteiger partial charge on any atom is 0.126 e. The minimum Gasteiger partial charge on any atom is -0.378 e. The Hall–Kier alpha value is -0.520. The molecule has 1 aliphatic heterocycles. The molecule has 0 saturated carbocycles. The quantitative estimate of drug-likeness (QED) is 0.622. The molecule has 0 aromatic rings. The molecule has 1 atom stereocenters. The van der Waals surface area contributed by atoms with Gasteiger partial charge in [-0.15, -0.1) is 0 Å². The number of aliphatic hydroxyl groups is 1. The van der Waals surface area contributed by atoms with E-state index >= 15 is 0 Å². The number of hydrogen-bond acceptors (Lipinski definition) is 2. The van der Waals surface area contributed by atoms with E-state index < -0.39 is 11.2 Å². The second-order valence-electron chi connectivity index (χ2n) is 5.76. The van der Waals surface area contributed by atoms with Crippen LogP contribution in [0.15, 0.2) is 0 Å². The highest BCUT2D eigenvalue weighted by Gasteiger charge is 2.36. The van der Waals surface area contributed by atoms with Crippen molar-refractivity contribution in [3.8, 4) is 11.8 Å². The van der Waals surface area contributed by atoms with Gasteiger partial charge in [-0.3, -0.25) is 0 Å². The molecule has 0 radical (unpaired) electrons.